The molecule has 0 saturated carbocycles. The minimum absolute atomic E-state index is 0.804. The zero-order chi connectivity index (χ0) is 35.6. The van der Waals surface area contributed by atoms with E-state index in [0.29, 0.717) is 0 Å². The first kappa shape index (κ1) is 39.5. The normalized spacial score (nSPS) is 50.2. The van der Waals surface area contributed by atoms with Crippen molar-refractivity contribution in [1.82, 2.24) is 0 Å². The molecule has 280 valence electrons. The van der Waals surface area contributed by atoms with Gasteiger partial charge in [-0.05, 0) is 0 Å². The van der Waals surface area contributed by atoms with Crippen molar-refractivity contribution in [3.63, 3.8) is 0 Å². The van der Waals surface area contributed by atoms with Crippen LogP contribution in [0.2, 0.25) is 0 Å². The average Bonchev–Trinajstić information content (AvgIpc) is 3.06. The Morgan fingerprint density at radius 3 is 1.35 bits per heavy atom. The second-order valence-corrected chi connectivity index (χ2v) is 11.7. The minimum atomic E-state index is -2.04. The van der Waals surface area contributed by atoms with Crippen LogP contribution in [-0.4, -0.2) is 222 Å². The molecule has 22 nitrogen and oxygen atoms in total. The molecule has 4 rings (SSSR count). The number of hydrogen-bond acceptors (Lipinski definition) is 22. The Labute approximate surface area is 271 Å². The van der Waals surface area contributed by atoms with E-state index in [1.807, 2.05) is 0 Å². The fourth-order valence-electron chi connectivity index (χ4n) is 5.85. The molecule has 0 radical (unpaired) electrons. The molecule has 0 bridgehead atoms. The van der Waals surface area contributed by atoms with Crippen LogP contribution >= 0.6 is 0 Å². The van der Waals surface area contributed by atoms with Crippen molar-refractivity contribution in [2.24, 2.45) is 0 Å². The minimum Gasteiger partial charge on any atom is -0.454 e. The van der Waals surface area contributed by atoms with E-state index in [4.69, 9.17) is 37.9 Å². The second kappa shape index (κ2) is 16.8. The standard InChI is InChI=1S/C26H44O22/c1-6(31)41-22-18(39)21(47-24-16(37)12(33)11(32)7(2-27)43-24)10(5-30)45-26(22)48-20-9(4-29)44-25(17(38)14(20)35)46-19-8(3-28)42-23(40)15(36)13(19)34/h7-30,32-40H,2-5H2,1H3/t7?,8?,9?,10?,11-,12-,13+,14+,15?,16?,17?,18-,19-,20-,21-,22?,23+,24-,25-,26-/m1/s1. The number of hydrogen-bond donors (Lipinski definition) is 13. The van der Waals surface area contributed by atoms with Gasteiger partial charge < -0.3 is 104 Å². The monoisotopic (exact) mass is 708 g/mol. The summed E-state index contributed by atoms with van der Waals surface area (Å²) in [5.74, 6) is -0.989. The third-order valence-corrected chi connectivity index (χ3v) is 8.48. The fraction of sp³-hybridized carbons (Fsp3) is 0.962. The maximum atomic E-state index is 12.0. The largest absolute Gasteiger partial charge is 0.454 e. The zero-order valence-electron chi connectivity index (χ0n) is 25.4. The van der Waals surface area contributed by atoms with Crippen molar-refractivity contribution in [1.29, 1.82) is 0 Å². The summed E-state index contributed by atoms with van der Waals surface area (Å²) >= 11 is 0. The summed E-state index contributed by atoms with van der Waals surface area (Å²) in [5.41, 5.74) is 0. The van der Waals surface area contributed by atoms with Crippen LogP contribution in [0, 0.1) is 0 Å². The smallest absolute Gasteiger partial charge is 0.303 e. The van der Waals surface area contributed by atoms with Gasteiger partial charge in [-0.3, -0.25) is 4.79 Å². The third-order valence-electron chi connectivity index (χ3n) is 8.48. The summed E-state index contributed by atoms with van der Waals surface area (Å²) in [4.78, 5) is 12.0. The number of aliphatic hydroxyl groups is 13. The summed E-state index contributed by atoms with van der Waals surface area (Å²) in [5, 5.41) is 133. The molecular formula is C26H44O22. The highest BCUT2D eigenvalue weighted by molar-refractivity contribution is 5.66. The zero-order valence-corrected chi connectivity index (χ0v) is 25.4. The fourth-order valence-corrected chi connectivity index (χ4v) is 5.85. The van der Waals surface area contributed by atoms with Crippen molar-refractivity contribution in [3.05, 3.63) is 0 Å². The molecule has 4 fully saturated rings. The van der Waals surface area contributed by atoms with Crippen LogP contribution in [-0.2, 0) is 42.7 Å². The molecule has 0 spiro atoms. The van der Waals surface area contributed by atoms with Gasteiger partial charge in [-0.25, -0.2) is 0 Å². The molecule has 8 unspecified atom stereocenters. The van der Waals surface area contributed by atoms with Crippen molar-refractivity contribution >= 4 is 5.97 Å². The van der Waals surface area contributed by atoms with Gasteiger partial charge in [0.05, 0.1) is 26.4 Å². The van der Waals surface area contributed by atoms with E-state index >= 15 is 0 Å². The van der Waals surface area contributed by atoms with Gasteiger partial charge in [-0.1, -0.05) is 0 Å². The molecule has 0 amide bonds. The van der Waals surface area contributed by atoms with E-state index in [1.165, 1.54) is 0 Å². The van der Waals surface area contributed by atoms with Crippen molar-refractivity contribution < 1.29 is 109 Å². The molecule has 4 heterocycles. The first-order valence-electron chi connectivity index (χ1n) is 15.0. The Bertz CT molecular complexity index is 1020. The van der Waals surface area contributed by atoms with E-state index in [-0.39, 0.29) is 0 Å². The van der Waals surface area contributed by atoms with Crippen LogP contribution < -0.4 is 0 Å². The summed E-state index contributed by atoms with van der Waals surface area (Å²) in [6.07, 6.45) is -35.6. The lowest BCUT2D eigenvalue weighted by atomic mass is 9.95. The Kier molecular flexibility index (Phi) is 13.8. The Morgan fingerprint density at radius 2 is 0.854 bits per heavy atom. The van der Waals surface area contributed by atoms with Crippen LogP contribution in [0.3, 0.4) is 0 Å². The van der Waals surface area contributed by atoms with E-state index in [2.05, 4.69) is 0 Å². The highest BCUT2D eigenvalue weighted by Crippen LogP contribution is 2.35. The second-order valence-electron chi connectivity index (χ2n) is 11.7. The highest BCUT2D eigenvalue weighted by atomic mass is 16.8. The van der Waals surface area contributed by atoms with Gasteiger partial charge in [-0.2, -0.15) is 0 Å². The van der Waals surface area contributed by atoms with Crippen LogP contribution in [0.25, 0.3) is 0 Å². The molecule has 48 heavy (non-hydrogen) atoms. The van der Waals surface area contributed by atoms with Gasteiger partial charge in [0.15, 0.2) is 31.3 Å². The summed E-state index contributed by atoms with van der Waals surface area (Å²) in [6.45, 7) is -2.52. The number of rotatable bonds is 11. The van der Waals surface area contributed by atoms with Crippen LogP contribution in [0.4, 0.5) is 0 Å². The SMILES string of the molecule is CC(=O)OC1[C@@H](O[C@@H]2C(CO)O[C@H](O[C@@H]3C(CO)O[C@H](O)C(O)[C@@H]3O)C(O)[C@@H]2O)OC(CO)[C@@H](O[C@H]2OC(CO)[C@@H](O)[C@@H](O)C2O)[C@H]1O. The van der Waals surface area contributed by atoms with Crippen molar-refractivity contribution in [3.8, 4) is 0 Å². The van der Waals surface area contributed by atoms with E-state index in [9.17, 15) is 71.2 Å². The first-order chi connectivity index (χ1) is 22.7. The predicted octanol–water partition coefficient (Wildman–Crippen LogP) is -9.18. The van der Waals surface area contributed by atoms with E-state index in [1.54, 1.807) is 0 Å². The summed E-state index contributed by atoms with van der Waals surface area (Å²) in [7, 11) is 0. The van der Waals surface area contributed by atoms with Gasteiger partial charge in [0.2, 0.25) is 0 Å². The molecule has 0 aromatic carbocycles. The van der Waals surface area contributed by atoms with Crippen LogP contribution in [0.15, 0.2) is 0 Å². The topological polar surface area (TPSA) is 354 Å². The Hall–Kier alpha value is -1.33. The lowest BCUT2D eigenvalue weighted by molar-refractivity contribution is -0.387. The van der Waals surface area contributed by atoms with Crippen molar-refractivity contribution in [2.75, 3.05) is 26.4 Å². The number of aliphatic hydroxyl groups excluding tert-OH is 13. The molecule has 0 aromatic heterocycles. The van der Waals surface area contributed by atoms with Gasteiger partial charge >= 0.3 is 5.97 Å². The molecule has 0 aromatic rings. The molecular weight excluding hydrogens is 664 g/mol. The Morgan fingerprint density at radius 1 is 0.458 bits per heavy atom. The van der Waals surface area contributed by atoms with E-state index in [0.717, 1.165) is 6.92 Å². The first-order valence-corrected chi connectivity index (χ1v) is 15.0. The molecule has 20 atom stereocenters. The lowest BCUT2D eigenvalue weighted by Crippen LogP contribution is -2.68. The number of carbonyl (C=O) groups excluding carboxylic acids is 1. The lowest BCUT2D eigenvalue weighted by Gasteiger charge is -2.49. The Balaban J connectivity index is 1.51. The molecule has 4 aliphatic rings. The predicted molar refractivity (Wildman–Crippen MR) is 143 cm³/mol. The summed E-state index contributed by atoms with van der Waals surface area (Å²) < 4.78 is 43.5. The number of ether oxygens (including phenoxy) is 8. The maximum absolute atomic E-state index is 12.0. The van der Waals surface area contributed by atoms with Gasteiger partial charge in [-0.15, -0.1) is 0 Å². The van der Waals surface area contributed by atoms with Gasteiger partial charge in [0.25, 0.3) is 0 Å². The molecule has 22 heteroatoms. The number of carbonyl (C=O) groups is 1. The third kappa shape index (κ3) is 8.08. The average molecular weight is 709 g/mol. The molecule has 4 aliphatic heterocycles. The van der Waals surface area contributed by atoms with E-state index < -0.39 is 155 Å². The van der Waals surface area contributed by atoms with Crippen LogP contribution in [0.1, 0.15) is 6.92 Å². The highest BCUT2D eigenvalue weighted by Gasteiger charge is 2.56. The van der Waals surface area contributed by atoms with Gasteiger partial charge in [0, 0.05) is 6.92 Å². The molecule has 0 aliphatic carbocycles. The summed E-state index contributed by atoms with van der Waals surface area (Å²) in [6, 6.07) is 0. The quantitative estimate of drug-likeness (QED) is 0.0886. The van der Waals surface area contributed by atoms with Gasteiger partial charge in [0.1, 0.15) is 91.6 Å². The van der Waals surface area contributed by atoms with Crippen molar-refractivity contribution in [2.45, 2.75) is 130 Å². The number of esters is 1. The van der Waals surface area contributed by atoms with Crippen LogP contribution in [0.5, 0.6) is 0 Å². The maximum Gasteiger partial charge on any atom is 0.303 e. The molecule has 13 N–H and O–H groups in total. The molecule has 4 saturated heterocycles.